The molecule has 0 aliphatic heterocycles. The third-order valence-electron chi connectivity index (χ3n) is 12.6. The number of rotatable bonds is 5. The molecule has 0 fully saturated rings. The van der Waals surface area contributed by atoms with Gasteiger partial charge in [-0.1, -0.05) is 174 Å². The minimum atomic E-state index is -0.144. The van der Waals surface area contributed by atoms with E-state index in [4.69, 9.17) is 0 Å². The first kappa shape index (κ1) is 32.0. The number of fused-ring (bicyclic) bond motifs is 8. The zero-order chi connectivity index (χ0) is 36.1. The van der Waals surface area contributed by atoms with Crippen LogP contribution in [0.2, 0.25) is 0 Å². The van der Waals surface area contributed by atoms with Crippen LogP contribution in [0.25, 0.3) is 77.2 Å². The zero-order valence-corrected chi connectivity index (χ0v) is 31.3. The summed E-state index contributed by atoms with van der Waals surface area (Å²) >= 11 is 0. The fourth-order valence-electron chi connectivity index (χ4n) is 9.83. The number of benzene rings is 8. The van der Waals surface area contributed by atoms with Gasteiger partial charge < -0.3 is 0 Å². The molecule has 0 atom stereocenters. The molecule has 0 heteroatoms. The van der Waals surface area contributed by atoms with E-state index in [1.54, 1.807) is 0 Å². The SMILES string of the molecule is CCCc1ccc(-c2c3ccccc3c(-c3ccc4c(c3)C(C)(C)c3cc(-c5ccc6c(c5)C(C)(C)c5ccccc5-6)ccc3-4)c3ccccc23)cc1. The second kappa shape index (κ2) is 11.6. The molecule has 0 nitrogen and oxygen atoms in total. The minimum absolute atomic E-state index is 0.0175. The Labute approximate surface area is 313 Å². The predicted molar refractivity (Wildman–Crippen MR) is 227 cm³/mol. The lowest BCUT2D eigenvalue weighted by Crippen LogP contribution is -2.15. The van der Waals surface area contributed by atoms with Gasteiger partial charge in [-0.25, -0.2) is 0 Å². The van der Waals surface area contributed by atoms with Crippen molar-refractivity contribution in [1.29, 1.82) is 0 Å². The summed E-state index contributed by atoms with van der Waals surface area (Å²) in [6.45, 7) is 11.8. The van der Waals surface area contributed by atoms with Crippen molar-refractivity contribution >= 4 is 21.5 Å². The van der Waals surface area contributed by atoms with Crippen LogP contribution >= 0.6 is 0 Å². The highest BCUT2D eigenvalue weighted by Gasteiger charge is 2.37. The Balaban J connectivity index is 1.09. The monoisotopic (exact) mass is 680 g/mol. The molecule has 0 saturated heterocycles. The third kappa shape index (κ3) is 4.68. The molecule has 0 aromatic heterocycles. The molecule has 0 radical (unpaired) electrons. The van der Waals surface area contributed by atoms with Gasteiger partial charge >= 0.3 is 0 Å². The molecule has 8 aromatic carbocycles. The summed E-state index contributed by atoms with van der Waals surface area (Å²) in [4.78, 5) is 0. The molecule has 10 rings (SSSR count). The van der Waals surface area contributed by atoms with E-state index in [2.05, 4.69) is 186 Å². The average Bonchev–Trinajstić information content (AvgIpc) is 3.56. The molecule has 256 valence electrons. The standard InChI is InChI=1S/C53H44/c1-6-13-33-20-22-34(23-21-33)50-42-15-7-9-17-44(42)51(45-18-10-8-16-43(45)50)37-26-29-41-40-28-25-36(31-48(40)53(4,5)49(41)32-37)35-24-27-39-38-14-11-12-19-46(38)52(2,3)47(39)30-35/h7-12,14-32H,6,13H2,1-5H3. The van der Waals surface area contributed by atoms with Crippen molar-refractivity contribution in [2.24, 2.45) is 0 Å². The predicted octanol–water partition coefficient (Wildman–Crippen LogP) is 14.6. The quantitative estimate of drug-likeness (QED) is 0.159. The fourth-order valence-corrected chi connectivity index (χ4v) is 9.83. The van der Waals surface area contributed by atoms with Crippen LogP contribution in [0.1, 0.15) is 68.9 Å². The van der Waals surface area contributed by atoms with Crippen LogP contribution in [0.4, 0.5) is 0 Å². The molecule has 2 aliphatic rings. The van der Waals surface area contributed by atoms with E-state index in [-0.39, 0.29) is 10.8 Å². The van der Waals surface area contributed by atoms with E-state index in [9.17, 15) is 0 Å². The van der Waals surface area contributed by atoms with E-state index in [0.29, 0.717) is 0 Å². The summed E-state index contributed by atoms with van der Waals surface area (Å²) in [5.41, 5.74) is 20.1. The van der Waals surface area contributed by atoms with Crippen molar-refractivity contribution in [1.82, 2.24) is 0 Å². The summed E-state index contributed by atoms with van der Waals surface area (Å²) in [5, 5.41) is 5.21. The van der Waals surface area contributed by atoms with Crippen LogP contribution in [0, 0.1) is 0 Å². The molecule has 0 saturated carbocycles. The first-order valence-corrected chi connectivity index (χ1v) is 19.3. The van der Waals surface area contributed by atoms with Crippen LogP contribution in [-0.2, 0) is 17.3 Å². The summed E-state index contributed by atoms with van der Waals surface area (Å²) in [5.74, 6) is 0. The van der Waals surface area contributed by atoms with Crippen LogP contribution < -0.4 is 0 Å². The molecule has 0 spiro atoms. The molecular weight excluding hydrogens is 637 g/mol. The van der Waals surface area contributed by atoms with E-state index in [1.165, 1.54) is 105 Å². The molecule has 8 aromatic rings. The molecule has 0 amide bonds. The number of aryl methyl sites for hydroxylation is 1. The summed E-state index contributed by atoms with van der Waals surface area (Å²) in [7, 11) is 0. The Morgan fingerprint density at radius 1 is 0.358 bits per heavy atom. The van der Waals surface area contributed by atoms with Gasteiger partial charge in [0.2, 0.25) is 0 Å². The van der Waals surface area contributed by atoms with Crippen molar-refractivity contribution in [2.45, 2.75) is 58.3 Å². The van der Waals surface area contributed by atoms with E-state index >= 15 is 0 Å². The van der Waals surface area contributed by atoms with Gasteiger partial charge in [0, 0.05) is 10.8 Å². The second-order valence-electron chi connectivity index (χ2n) is 16.4. The van der Waals surface area contributed by atoms with Crippen LogP contribution in [0.3, 0.4) is 0 Å². The van der Waals surface area contributed by atoms with Crippen LogP contribution in [0.5, 0.6) is 0 Å². The molecule has 0 unspecified atom stereocenters. The van der Waals surface area contributed by atoms with E-state index in [1.807, 2.05) is 0 Å². The largest absolute Gasteiger partial charge is 0.0651 e. The lowest BCUT2D eigenvalue weighted by Gasteiger charge is -2.24. The zero-order valence-electron chi connectivity index (χ0n) is 31.3. The smallest absolute Gasteiger partial charge is 0.0159 e. The maximum absolute atomic E-state index is 2.50. The molecule has 0 heterocycles. The number of hydrogen-bond donors (Lipinski definition) is 0. The third-order valence-corrected chi connectivity index (χ3v) is 12.6. The lowest BCUT2D eigenvalue weighted by atomic mass is 9.79. The summed E-state index contributed by atoms with van der Waals surface area (Å²) < 4.78 is 0. The van der Waals surface area contributed by atoms with Crippen molar-refractivity contribution in [3.05, 3.63) is 179 Å². The Morgan fingerprint density at radius 3 is 1.25 bits per heavy atom. The van der Waals surface area contributed by atoms with E-state index in [0.717, 1.165) is 12.8 Å². The van der Waals surface area contributed by atoms with Gasteiger partial charge in [-0.05, 0) is 130 Å². The second-order valence-corrected chi connectivity index (χ2v) is 16.4. The van der Waals surface area contributed by atoms with Crippen molar-refractivity contribution in [3.63, 3.8) is 0 Å². The van der Waals surface area contributed by atoms with Crippen molar-refractivity contribution in [2.75, 3.05) is 0 Å². The van der Waals surface area contributed by atoms with E-state index < -0.39 is 0 Å². The molecule has 0 N–H and O–H groups in total. The molecule has 2 aliphatic carbocycles. The van der Waals surface area contributed by atoms with Gasteiger partial charge in [0.1, 0.15) is 0 Å². The highest BCUT2D eigenvalue weighted by Crippen LogP contribution is 2.53. The molecule has 53 heavy (non-hydrogen) atoms. The maximum Gasteiger partial charge on any atom is 0.0159 e. The summed E-state index contributed by atoms with van der Waals surface area (Å²) in [6.07, 6.45) is 2.27. The van der Waals surface area contributed by atoms with Crippen molar-refractivity contribution < 1.29 is 0 Å². The van der Waals surface area contributed by atoms with Gasteiger partial charge in [-0.3, -0.25) is 0 Å². The first-order chi connectivity index (χ1) is 25.8. The normalized spacial score (nSPS) is 14.6. The summed E-state index contributed by atoms with van der Waals surface area (Å²) in [6, 6.07) is 57.8. The lowest BCUT2D eigenvalue weighted by molar-refractivity contribution is 0.659. The van der Waals surface area contributed by atoms with Gasteiger partial charge in [-0.15, -0.1) is 0 Å². The maximum atomic E-state index is 2.50. The topological polar surface area (TPSA) is 0 Å². The molecular formula is C53H44. The highest BCUT2D eigenvalue weighted by atomic mass is 14.4. The highest BCUT2D eigenvalue weighted by molar-refractivity contribution is 6.21. The van der Waals surface area contributed by atoms with Crippen LogP contribution in [-0.4, -0.2) is 0 Å². The number of hydrogen-bond acceptors (Lipinski definition) is 0. The van der Waals surface area contributed by atoms with Gasteiger partial charge in [0.05, 0.1) is 0 Å². The fraction of sp³-hybridized carbons (Fsp3) is 0.170. The van der Waals surface area contributed by atoms with Crippen molar-refractivity contribution in [3.8, 4) is 55.6 Å². The molecule has 0 bridgehead atoms. The van der Waals surface area contributed by atoms with Crippen LogP contribution in [0.15, 0.2) is 152 Å². The Bertz CT molecular complexity index is 2710. The van der Waals surface area contributed by atoms with Gasteiger partial charge in [-0.2, -0.15) is 0 Å². The Hall–Kier alpha value is -5.72. The van der Waals surface area contributed by atoms with Gasteiger partial charge in [0.15, 0.2) is 0 Å². The Kier molecular flexibility index (Phi) is 7.02. The van der Waals surface area contributed by atoms with Gasteiger partial charge in [0.25, 0.3) is 0 Å². The average molecular weight is 681 g/mol. The Morgan fingerprint density at radius 2 is 0.736 bits per heavy atom. The minimum Gasteiger partial charge on any atom is -0.0651 e. The first-order valence-electron chi connectivity index (χ1n) is 19.3.